The van der Waals surface area contributed by atoms with Crippen LogP contribution >= 0.6 is 12.4 Å². The SMILES string of the molecule is Cl.NC(CO)C1CC1(F)F. The maximum Gasteiger partial charge on any atom is 0.253 e. The number of alkyl halides is 2. The summed E-state index contributed by atoms with van der Waals surface area (Å²) >= 11 is 0. The van der Waals surface area contributed by atoms with Crippen molar-refractivity contribution in [2.75, 3.05) is 6.61 Å². The molecule has 1 aliphatic rings. The highest BCUT2D eigenvalue weighted by atomic mass is 35.5. The number of rotatable bonds is 2. The van der Waals surface area contributed by atoms with E-state index in [1.54, 1.807) is 0 Å². The third-order valence-electron chi connectivity index (χ3n) is 1.60. The fourth-order valence-electron chi connectivity index (χ4n) is 0.826. The summed E-state index contributed by atoms with van der Waals surface area (Å²) in [5.41, 5.74) is 5.12. The Morgan fingerprint density at radius 1 is 1.70 bits per heavy atom. The van der Waals surface area contributed by atoms with Crippen LogP contribution in [0.5, 0.6) is 0 Å². The van der Waals surface area contributed by atoms with E-state index in [4.69, 9.17) is 10.8 Å². The van der Waals surface area contributed by atoms with Crippen LogP contribution in [0.4, 0.5) is 8.78 Å². The molecule has 3 N–H and O–H groups in total. The van der Waals surface area contributed by atoms with Crippen molar-refractivity contribution in [3.8, 4) is 0 Å². The fraction of sp³-hybridized carbons (Fsp3) is 1.00. The molecule has 0 aromatic rings. The molecule has 5 heteroatoms. The Labute approximate surface area is 63.8 Å². The molecule has 2 atom stereocenters. The summed E-state index contributed by atoms with van der Waals surface area (Å²) in [5, 5.41) is 8.32. The van der Waals surface area contributed by atoms with Gasteiger partial charge < -0.3 is 10.8 Å². The van der Waals surface area contributed by atoms with Crippen LogP contribution in [0.2, 0.25) is 0 Å². The molecule has 0 heterocycles. The second-order valence-corrected chi connectivity index (χ2v) is 2.42. The smallest absolute Gasteiger partial charge is 0.253 e. The molecule has 0 saturated heterocycles. The minimum absolute atomic E-state index is 0. The van der Waals surface area contributed by atoms with Crippen LogP contribution in [0.25, 0.3) is 0 Å². The summed E-state index contributed by atoms with van der Waals surface area (Å²) in [4.78, 5) is 0. The second-order valence-electron chi connectivity index (χ2n) is 2.42. The highest BCUT2D eigenvalue weighted by Crippen LogP contribution is 2.49. The third-order valence-corrected chi connectivity index (χ3v) is 1.60. The Bertz CT molecular complexity index is 122. The van der Waals surface area contributed by atoms with Crippen LogP contribution in [0, 0.1) is 5.92 Å². The molecule has 1 saturated carbocycles. The van der Waals surface area contributed by atoms with Gasteiger partial charge in [-0.25, -0.2) is 8.78 Å². The standard InChI is InChI=1S/C5H9F2NO.ClH/c6-5(7)1-3(5)4(8)2-9;/h3-4,9H,1-2,8H2;1H. The Hall–Kier alpha value is 0.0700. The summed E-state index contributed by atoms with van der Waals surface area (Å²) in [6.07, 6.45) is -0.158. The molecule has 0 spiro atoms. The molecule has 0 aromatic carbocycles. The molecule has 0 amide bonds. The zero-order chi connectivity index (χ0) is 7.07. The highest BCUT2D eigenvalue weighted by Gasteiger charge is 2.59. The maximum absolute atomic E-state index is 12.0. The van der Waals surface area contributed by atoms with Gasteiger partial charge in [0, 0.05) is 18.4 Å². The maximum atomic E-state index is 12.0. The summed E-state index contributed by atoms with van der Waals surface area (Å²) < 4.78 is 24.1. The van der Waals surface area contributed by atoms with Crippen LogP contribution in [0.15, 0.2) is 0 Å². The van der Waals surface area contributed by atoms with Crippen molar-refractivity contribution in [1.82, 2.24) is 0 Å². The van der Waals surface area contributed by atoms with Gasteiger partial charge in [-0.1, -0.05) is 0 Å². The van der Waals surface area contributed by atoms with Gasteiger partial charge in [-0.2, -0.15) is 0 Å². The normalized spacial score (nSPS) is 30.6. The van der Waals surface area contributed by atoms with Crippen molar-refractivity contribution < 1.29 is 13.9 Å². The fourth-order valence-corrected chi connectivity index (χ4v) is 0.826. The molecule has 62 valence electrons. The largest absolute Gasteiger partial charge is 0.395 e. The predicted octanol–water partition coefficient (Wildman–Crippen LogP) is 0.383. The number of aliphatic hydroxyl groups excluding tert-OH is 1. The summed E-state index contributed by atoms with van der Waals surface area (Å²) in [7, 11) is 0. The lowest BCUT2D eigenvalue weighted by molar-refractivity contribution is 0.0858. The molecule has 1 rings (SSSR count). The molecule has 0 bridgehead atoms. The molecule has 0 aromatic heterocycles. The van der Waals surface area contributed by atoms with E-state index in [0.29, 0.717) is 0 Å². The minimum atomic E-state index is -2.60. The van der Waals surface area contributed by atoms with Crippen LogP contribution in [0.1, 0.15) is 6.42 Å². The Morgan fingerprint density at radius 3 is 2.20 bits per heavy atom. The second kappa shape index (κ2) is 2.98. The molecule has 10 heavy (non-hydrogen) atoms. The summed E-state index contributed by atoms with van der Waals surface area (Å²) in [5.74, 6) is -3.37. The first-order chi connectivity index (χ1) is 4.08. The van der Waals surface area contributed by atoms with Gasteiger partial charge in [0.05, 0.1) is 6.61 Å². The monoisotopic (exact) mass is 173 g/mol. The zero-order valence-electron chi connectivity index (χ0n) is 5.26. The lowest BCUT2D eigenvalue weighted by Crippen LogP contribution is -2.29. The molecule has 1 fully saturated rings. The van der Waals surface area contributed by atoms with Gasteiger partial charge in [-0.05, 0) is 0 Å². The molecule has 2 unspecified atom stereocenters. The minimum Gasteiger partial charge on any atom is -0.395 e. The van der Waals surface area contributed by atoms with Crippen molar-refractivity contribution in [1.29, 1.82) is 0 Å². The van der Waals surface area contributed by atoms with Crippen molar-refractivity contribution in [2.45, 2.75) is 18.4 Å². The van der Waals surface area contributed by atoms with Crippen molar-refractivity contribution in [3.63, 3.8) is 0 Å². The Kier molecular flexibility index (Phi) is 3.00. The Balaban J connectivity index is 0.000000810. The van der Waals surface area contributed by atoms with Crippen molar-refractivity contribution >= 4 is 12.4 Å². The number of aliphatic hydroxyl groups is 1. The average molecular weight is 174 g/mol. The molecular weight excluding hydrogens is 164 g/mol. The van der Waals surface area contributed by atoms with Gasteiger partial charge >= 0.3 is 0 Å². The number of hydrogen-bond donors (Lipinski definition) is 2. The Morgan fingerprint density at radius 2 is 2.10 bits per heavy atom. The predicted molar refractivity (Wildman–Crippen MR) is 35.4 cm³/mol. The molecule has 1 aliphatic carbocycles. The van der Waals surface area contributed by atoms with Gasteiger partial charge in [0.15, 0.2) is 0 Å². The lowest BCUT2D eigenvalue weighted by Gasteiger charge is -2.04. The molecule has 0 aliphatic heterocycles. The summed E-state index contributed by atoms with van der Waals surface area (Å²) in [6.45, 7) is -0.347. The van der Waals surface area contributed by atoms with Gasteiger partial charge in [0.2, 0.25) is 0 Å². The van der Waals surface area contributed by atoms with E-state index in [2.05, 4.69) is 0 Å². The molecule has 0 radical (unpaired) electrons. The molecule has 2 nitrogen and oxygen atoms in total. The van der Waals surface area contributed by atoms with E-state index in [9.17, 15) is 8.78 Å². The topological polar surface area (TPSA) is 46.2 Å². The number of nitrogens with two attached hydrogens (primary N) is 1. The van der Waals surface area contributed by atoms with Crippen LogP contribution in [-0.2, 0) is 0 Å². The lowest BCUT2D eigenvalue weighted by atomic mass is 10.2. The van der Waals surface area contributed by atoms with E-state index in [0.717, 1.165) is 0 Å². The van der Waals surface area contributed by atoms with Crippen molar-refractivity contribution in [2.24, 2.45) is 11.7 Å². The van der Waals surface area contributed by atoms with E-state index < -0.39 is 17.9 Å². The first-order valence-electron chi connectivity index (χ1n) is 2.82. The number of halogens is 3. The summed E-state index contributed by atoms with van der Waals surface area (Å²) in [6, 6.07) is -0.736. The third kappa shape index (κ3) is 1.78. The first kappa shape index (κ1) is 10.1. The molecular formula is C5H10ClF2NO. The highest BCUT2D eigenvalue weighted by molar-refractivity contribution is 5.85. The van der Waals surface area contributed by atoms with E-state index >= 15 is 0 Å². The van der Waals surface area contributed by atoms with Crippen LogP contribution in [0.3, 0.4) is 0 Å². The quantitative estimate of drug-likeness (QED) is 0.635. The first-order valence-corrected chi connectivity index (χ1v) is 2.82. The van der Waals surface area contributed by atoms with Gasteiger partial charge in [0.25, 0.3) is 5.92 Å². The van der Waals surface area contributed by atoms with Gasteiger partial charge in [-0.3, -0.25) is 0 Å². The van der Waals surface area contributed by atoms with Gasteiger partial charge in [0.1, 0.15) is 0 Å². The van der Waals surface area contributed by atoms with E-state index in [1.807, 2.05) is 0 Å². The van der Waals surface area contributed by atoms with Crippen molar-refractivity contribution in [3.05, 3.63) is 0 Å². The van der Waals surface area contributed by atoms with E-state index in [-0.39, 0.29) is 25.4 Å². The van der Waals surface area contributed by atoms with Gasteiger partial charge in [-0.15, -0.1) is 12.4 Å². The van der Waals surface area contributed by atoms with E-state index in [1.165, 1.54) is 0 Å². The van der Waals surface area contributed by atoms with Crippen LogP contribution in [-0.4, -0.2) is 23.7 Å². The zero-order valence-corrected chi connectivity index (χ0v) is 6.07. The van der Waals surface area contributed by atoms with Crippen LogP contribution < -0.4 is 5.73 Å². The number of hydrogen-bond acceptors (Lipinski definition) is 2. The average Bonchev–Trinajstić information content (AvgIpc) is 2.38.